The van der Waals surface area contributed by atoms with Gasteiger partial charge in [0.1, 0.15) is 0 Å². The molecule has 3 heteroatoms. The van der Waals surface area contributed by atoms with Crippen LogP contribution in [-0.4, -0.2) is 17.4 Å². The summed E-state index contributed by atoms with van der Waals surface area (Å²) in [7, 11) is 0. The molecule has 0 aromatic carbocycles. The van der Waals surface area contributed by atoms with E-state index in [0.29, 0.717) is 5.88 Å². The molecule has 0 unspecified atom stereocenters. The zero-order chi connectivity index (χ0) is 8.81. The highest BCUT2D eigenvalue weighted by Crippen LogP contribution is 2.05. The first-order valence-electron chi connectivity index (χ1n) is 3.73. The molecule has 1 N–H and O–H groups in total. The predicted octanol–water partition coefficient (Wildman–Crippen LogP) is 1.88. The van der Waals surface area contributed by atoms with Crippen molar-refractivity contribution in [1.82, 2.24) is 10.3 Å². The summed E-state index contributed by atoms with van der Waals surface area (Å²) < 4.78 is 0. The molecule has 0 spiro atoms. The number of nitrogens with zero attached hydrogens (tertiary/aromatic N) is 1. The normalized spacial score (nSPS) is 9.42. The van der Waals surface area contributed by atoms with Gasteiger partial charge in [0.2, 0.25) is 0 Å². The van der Waals surface area contributed by atoms with Crippen molar-refractivity contribution in [3.63, 3.8) is 0 Å². The van der Waals surface area contributed by atoms with E-state index in [0.717, 1.165) is 17.8 Å². The van der Waals surface area contributed by atoms with E-state index in [1.807, 2.05) is 12.1 Å². The van der Waals surface area contributed by atoms with Crippen LogP contribution >= 0.6 is 11.6 Å². The van der Waals surface area contributed by atoms with Crippen molar-refractivity contribution in [3.05, 3.63) is 36.7 Å². The third-order valence-corrected chi connectivity index (χ3v) is 1.65. The van der Waals surface area contributed by atoms with Gasteiger partial charge in [-0.25, -0.2) is 0 Å². The summed E-state index contributed by atoms with van der Waals surface area (Å²) in [6, 6.07) is 3.81. The van der Waals surface area contributed by atoms with Crippen LogP contribution in [0.25, 0.3) is 5.70 Å². The van der Waals surface area contributed by atoms with E-state index in [2.05, 4.69) is 16.9 Å². The lowest BCUT2D eigenvalue weighted by Gasteiger charge is -2.06. The summed E-state index contributed by atoms with van der Waals surface area (Å²) in [4.78, 5) is 3.91. The van der Waals surface area contributed by atoms with Crippen molar-refractivity contribution < 1.29 is 0 Å². The predicted molar refractivity (Wildman–Crippen MR) is 52.0 cm³/mol. The van der Waals surface area contributed by atoms with Gasteiger partial charge >= 0.3 is 0 Å². The molecule has 1 heterocycles. The second-order valence-corrected chi connectivity index (χ2v) is 2.71. The molecule has 64 valence electrons. The van der Waals surface area contributed by atoms with Gasteiger partial charge in [0.15, 0.2) is 0 Å². The van der Waals surface area contributed by atoms with E-state index in [1.54, 1.807) is 12.4 Å². The Morgan fingerprint density at radius 2 is 2.17 bits per heavy atom. The molecule has 0 fully saturated rings. The Kier molecular flexibility index (Phi) is 3.61. The van der Waals surface area contributed by atoms with Gasteiger partial charge in [0.05, 0.1) is 0 Å². The molecule has 0 saturated carbocycles. The summed E-state index contributed by atoms with van der Waals surface area (Å²) in [5.74, 6) is 0.587. The second kappa shape index (κ2) is 4.78. The van der Waals surface area contributed by atoms with Crippen LogP contribution in [0.2, 0.25) is 0 Å². The summed E-state index contributed by atoms with van der Waals surface area (Å²) in [5, 5.41) is 3.09. The first kappa shape index (κ1) is 9.07. The Bertz CT molecular complexity index is 246. The molecular weight excluding hydrogens is 172 g/mol. The fourth-order valence-electron chi connectivity index (χ4n) is 0.853. The molecule has 0 aliphatic carbocycles. The standard InChI is InChI=1S/C9H11ClN2/c1-8(12-7-4-10)9-2-5-11-6-3-9/h2-3,5-6,12H,1,4,7H2. The van der Waals surface area contributed by atoms with E-state index >= 15 is 0 Å². The minimum absolute atomic E-state index is 0.587. The third-order valence-electron chi connectivity index (χ3n) is 1.46. The number of alkyl halides is 1. The van der Waals surface area contributed by atoms with Gasteiger partial charge < -0.3 is 5.32 Å². The Morgan fingerprint density at radius 1 is 1.50 bits per heavy atom. The summed E-state index contributed by atoms with van der Waals surface area (Å²) in [5.41, 5.74) is 1.94. The second-order valence-electron chi connectivity index (χ2n) is 2.33. The van der Waals surface area contributed by atoms with Crippen LogP contribution in [0.1, 0.15) is 5.56 Å². The van der Waals surface area contributed by atoms with E-state index in [1.165, 1.54) is 0 Å². The van der Waals surface area contributed by atoms with Crippen molar-refractivity contribution in [2.24, 2.45) is 0 Å². The highest BCUT2D eigenvalue weighted by Gasteiger charge is 1.94. The maximum atomic E-state index is 5.52. The van der Waals surface area contributed by atoms with E-state index < -0.39 is 0 Å². The van der Waals surface area contributed by atoms with Crippen LogP contribution in [0.5, 0.6) is 0 Å². The Labute approximate surface area is 77.3 Å². The van der Waals surface area contributed by atoms with Crippen molar-refractivity contribution in [2.45, 2.75) is 0 Å². The average molecular weight is 183 g/mol. The number of hydrogen-bond donors (Lipinski definition) is 1. The zero-order valence-corrected chi connectivity index (χ0v) is 7.51. The number of halogens is 1. The van der Waals surface area contributed by atoms with Gasteiger partial charge in [-0.15, -0.1) is 11.6 Å². The smallest absolute Gasteiger partial charge is 0.0396 e. The Hall–Kier alpha value is -1.02. The fraction of sp³-hybridized carbons (Fsp3) is 0.222. The monoisotopic (exact) mass is 182 g/mol. The highest BCUT2D eigenvalue weighted by atomic mass is 35.5. The van der Waals surface area contributed by atoms with E-state index in [-0.39, 0.29) is 0 Å². The number of hydrogen-bond acceptors (Lipinski definition) is 2. The number of nitrogens with one attached hydrogen (secondary N) is 1. The number of rotatable bonds is 4. The molecule has 1 aromatic rings. The topological polar surface area (TPSA) is 24.9 Å². The summed E-state index contributed by atoms with van der Waals surface area (Å²) in [6.07, 6.45) is 3.48. The van der Waals surface area contributed by atoms with Crippen molar-refractivity contribution in [1.29, 1.82) is 0 Å². The van der Waals surface area contributed by atoms with Crippen molar-refractivity contribution in [2.75, 3.05) is 12.4 Å². The van der Waals surface area contributed by atoms with Crippen LogP contribution in [0.15, 0.2) is 31.1 Å². The molecule has 12 heavy (non-hydrogen) atoms. The molecule has 0 amide bonds. The van der Waals surface area contributed by atoms with Gasteiger partial charge in [0, 0.05) is 36.1 Å². The summed E-state index contributed by atoms with van der Waals surface area (Å²) in [6.45, 7) is 4.60. The molecule has 0 aliphatic heterocycles. The highest BCUT2D eigenvalue weighted by molar-refractivity contribution is 6.18. The van der Waals surface area contributed by atoms with Gasteiger partial charge in [-0.1, -0.05) is 6.58 Å². The van der Waals surface area contributed by atoms with Crippen LogP contribution in [0, 0.1) is 0 Å². The molecule has 0 atom stereocenters. The van der Waals surface area contributed by atoms with Crippen LogP contribution in [0.3, 0.4) is 0 Å². The molecule has 1 rings (SSSR count). The lowest BCUT2D eigenvalue weighted by molar-refractivity contribution is 0.947. The molecule has 0 aliphatic rings. The molecule has 0 saturated heterocycles. The minimum atomic E-state index is 0.587. The molecule has 0 bridgehead atoms. The zero-order valence-electron chi connectivity index (χ0n) is 6.76. The number of pyridine rings is 1. The Morgan fingerprint density at radius 3 is 2.75 bits per heavy atom. The van der Waals surface area contributed by atoms with E-state index in [9.17, 15) is 0 Å². The Balaban J connectivity index is 2.54. The van der Waals surface area contributed by atoms with Crippen molar-refractivity contribution in [3.8, 4) is 0 Å². The maximum absolute atomic E-state index is 5.52. The van der Waals surface area contributed by atoms with E-state index in [4.69, 9.17) is 11.6 Å². The van der Waals surface area contributed by atoms with Gasteiger partial charge in [0.25, 0.3) is 0 Å². The van der Waals surface area contributed by atoms with Crippen LogP contribution in [0.4, 0.5) is 0 Å². The molecule has 2 nitrogen and oxygen atoms in total. The lowest BCUT2D eigenvalue weighted by atomic mass is 10.2. The first-order chi connectivity index (χ1) is 5.84. The van der Waals surface area contributed by atoms with Crippen LogP contribution < -0.4 is 5.32 Å². The summed E-state index contributed by atoms with van der Waals surface area (Å²) >= 11 is 5.52. The SMILES string of the molecule is C=C(NCCCl)c1ccncc1. The quantitative estimate of drug-likeness (QED) is 0.720. The van der Waals surface area contributed by atoms with Crippen molar-refractivity contribution >= 4 is 17.3 Å². The average Bonchev–Trinajstić information content (AvgIpc) is 2.15. The minimum Gasteiger partial charge on any atom is -0.384 e. The first-order valence-corrected chi connectivity index (χ1v) is 4.27. The maximum Gasteiger partial charge on any atom is 0.0396 e. The van der Waals surface area contributed by atoms with Crippen LogP contribution in [-0.2, 0) is 0 Å². The third kappa shape index (κ3) is 2.55. The van der Waals surface area contributed by atoms with Gasteiger partial charge in [-0.2, -0.15) is 0 Å². The number of aromatic nitrogens is 1. The van der Waals surface area contributed by atoms with Gasteiger partial charge in [-0.05, 0) is 12.1 Å². The molecular formula is C9H11ClN2. The largest absolute Gasteiger partial charge is 0.384 e. The molecule has 1 aromatic heterocycles. The fourth-order valence-corrected chi connectivity index (χ4v) is 0.948. The van der Waals surface area contributed by atoms with Gasteiger partial charge in [-0.3, -0.25) is 4.98 Å². The lowest BCUT2D eigenvalue weighted by Crippen LogP contribution is -2.13. The molecule has 0 radical (unpaired) electrons.